The van der Waals surface area contributed by atoms with Crippen molar-refractivity contribution < 1.29 is 22.7 Å². The van der Waals surface area contributed by atoms with Crippen LogP contribution in [0.4, 0.5) is 13.2 Å². The molecule has 1 aromatic rings. The molecule has 1 atom stereocenters. The van der Waals surface area contributed by atoms with Gasteiger partial charge in [-0.15, -0.1) is 13.2 Å². The van der Waals surface area contributed by atoms with Gasteiger partial charge in [-0.25, -0.2) is 0 Å². The number of halogens is 4. The quantitative estimate of drug-likeness (QED) is 0.626. The topological polar surface area (TPSA) is 26.3 Å². The third kappa shape index (κ3) is 4.03. The van der Waals surface area contributed by atoms with Crippen LogP contribution in [0, 0.1) is 6.92 Å². The van der Waals surface area contributed by atoms with Gasteiger partial charge >= 0.3 is 6.36 Å². The first-order valence-electron chi connectivity index (χ1n) is 4.75. The van der Waals surface area contributed by atoms with Crippen LogP contribution in [-0.4, -0.2) is 17.0 Å². The van der Waals surface area contributed by atoms with Gasteiger partial charge in [0.05, 0.1) is 4.83 Å². The molecule has 0 bridgehead atoms. The van der Waals surface area contributed by atoms with Gasteiger partial charge in [-0.05, 0) is 31.5 Å². The van der Waals surface area contributed by atoms with E-state index >= 15 is 0 Å². The Morgan fingerprint density at radius 2 is 2.00 bits per heavy atom. The maximum absolute atomic E-state index is 12.0. The number of carbonyl (C=O) groups is 1. The van der Waals surface area contributed by atoms with Crippen molar-refractivity contribution in [3.63, 3.8) is 0 Å². The lowest BCUT2D eigenvalue weighted by Crippen LogP contribution is -2.18. The second kappa shape index (κ2) is 5.08. The molecule has 0 aliphatic carbocycles. The highest BCUT2D eigenvalue weighted by molar-refractivity contribution is 9.10. The third-order valence-electron chi connectivity index (χ3n) is 2.07. The average molecular weight is 311 g/mol. The van der Waals surface area contributed by atoms with E-state index in [0.29, 0.717) is 5.56 Å². The maximum atomic E-state index is 12.0. The molecular formula is C11H10BrF3O2. The Balaban J connectivity index is 3.07. The standard InChI is InChI=1S/C11H10BrF3O2/c1-6-3-4-8(17-11(13,14)15)5-9(6)10(16)7(2)12/h3-5,7H,1-2H3. The minimum absolute atomic E-state index is 0.219. The van der Waals surface area contributed by atoms with Crippen LogP contribution < -0.4 is 4.74 Å². The smallest absolute Gasteiger partial charge is 0.406 e. The van der Waals surface area contributed by atoms with Crippen LogP contribution >= 0.6 is 15.9 Å². The van der Waals surface area contributed by atoms with Crippen LogP contribution in [0.2, 0.25) is 0 Å². The summed E-state index contributed by atoms with van der Waals surface area (Å²) in [4.78, 5) is 11.2. The number of Topliss-reactive ketones (excluding diaryl/α,β-unsaturated/α-hetero) is 1. The van der Waals surface area contributed by atoms with Gasteiger partial charge < -0.3 is 4.74 Å². The van der Waals surface area contributed by atoms with Crippen LogP contribution in [0.15, 0.2) is 18.2 Å². The van der Waals surface area contributed by atoms with E-state index in [2.05, 4.69) is 20.7 Å². The summed E-state index contributed by atoms with van der Waals surface area (Å²) in [7, 11) is 0. The number of rotatable bonds is 3. The molecule has 0 N–H and O–H groups in total. The molecule has 0 aliphatic heterocycles. The number of ether oxygens (including phenoxy) is 1. The van der Waals surface area contributed by atoms with E-state index in [4.69, 9.17) is 0 Å². The van der Waals surface area contributed by atoms with Gasteiger partial charge in [0.1, 0.15) is 5.75 Å². The first-order chi connectivity index (χ1) is 7.70. The predicted molar refractivity (Wildman–Crippen MR) is 60.6 cm³/mol. The number of ketones is 1. The van der Waals surface area contributed by atoms with Crippen molar-refractivity contribution in [2.45, 2.75) is 25.0 Å². The molecule has 0 aliphatic rings. The molecular weight excluding hydrogens is 301 g/mol. The van der Waals surface area contributed by atoms with E-state index in [-0.39, 0.29) is 17.1 Å². The molecule has 6 heteroatoms. The number of hydrogen-bond donors (Lipinski definition) is 0. The van der Waals surface area contributed by atoms with E-state index < -0.39 is 11.2 Å². The molecule has 0 amide bonds. The molecule has 1 aromatic carbocycles. The van der Waals surface area contributed by atoms with Crippen LogP contribution in [0.25, 0.3) is 0 Å². The second-order valence-electron chi connectivity index (χ2n) is 3.50. The van der Waals surface area contributed by atoms with Crippen LogP contribution in [0.5, 0.6) is 5.75 Å². The zero-order valence-corrected chi connectivity index (χ0v) is 10.7. The molecule has 1 rings (SSSR count). The Hall–Kier alpha value is -1.04. The molecule has 94 valence electrons. The Labute approximate surface area is 105 Å². The normalized spacial score (nSPS) is 13.3. The monoisotopic (exact) mass is 310 g/mol. The van der Waals surface area contributed by atoms with Gasteiger partial charge in [-0.1, -0.05) is 22.0 Å². The molecule has 0 aromatic heterocycles. The lowest BCUT2D eigenvalue weighted by Gasteiger charge is -2.12. The average Bonchev–Trinajstić information content (AvgIpc) is 2.17. The van der Waals surface area contributed by atoms with Crippen LogP contribution in [0.3, 0.4) is 0 Å². The highest BCUT2D eigenvalue weighted by Gasteiger charge is 2.31. The van der Waals surface area contributed by atoms with Crippen LogP contribution in [0.1, 0.15) is 22.8 Å². The number of hydrogen-bond acceptors (Lipinski definition) is 2. The van der Waals surface area contributed by atoms with Gasteiger partial charge in [0, 0.05) is 5.56 Å². The lowest BCUT2D eigenvalue weighted by molar-refractivity contribution is -0.274. The van der Waals surface area contributed by atoms with E-state index in [1.807, 2.05) is 0 Å². The summed E-state index contributed by atoms with van der Waals surface area (Å²) in [6.07, 6.45) is -4.75. The fourth-order valence-electron chi connectivity index (χ4n) is 1.28. The van der Waals surface area contributed by atoms with Crippen molar-refractivity contribution in [3.05, 3.63) is 29.3 Å². The van der Waals surface area contributed by atoms with Crippen molar-refractivity contribution in [2.24, 2.45) is 0 Å². The number of carbonyl (C=O) groups excluding carboxylic acids is 1. The van der Waals surface area contributed by atoms with Crippen molar-refractivity contribution in [2.75, 3.05) is 0 Å². The molecule has 0 radical (unpaired) electrons. The van der Waals surface area contributed by atoms with Gasteiger partial charge in [0.25, 0.3) is 0 Å². The molecule has 0 saturated carbocycles. The Morgan fingerprint density at radius 1 is 1.41 bits per heavy atom. The van der Waals surface area contributed by atoms with E-state index in [1.54, 1.807) is 13.8 Å². The molecule has 0 saturated heterocycles. The van der Waals surface area contributed by atoms with E-state index in [0.717, 1.165) is 6.07 Å². The van der Waals surface area contributed by atoms with Gasteiger partial charge in [0.2, 0.25) is 0 Å². The summed E-state index contributed by atoms with van der Waals surface area (Å²) in [6.45, 7) is 3.26. The number of aryl methyl sites for hydroxylation is 1. The summed E-state index contributed by atoms with van der Waals surface area (Å²) in [6, 6.07) is 3.70. The molecule has 17 heavy (non-hydrogen) atoms. The van der Waals surface area contributed by atoms with Crippen molar-refractivity contribution in [1.29, 1.82) is 0 Å². The van der Waals surface area contributed by atoms with E-state index in [1.165, 1.54) is 12.1 Å². The zero-order valence-electron chi connectivity index (χ0n) is 9.14. The fourth-order valence-corrected chi connectivity index (χ4v) is 1.52. The number of alkyl halides is 4. The zero-order chi connectivity index (χ0) is 13.2. The van der Waals surface area contributed by atoms with Crippen molar-refractivity contribution >= 4 is 21.7 Å². The first-order valence-corrected chi connectivity index (χ1v) is 5.67. The maximum Gasteiger partial charge on any atom is 0.573 e. The summed E-state index contributed by atoms with van der Waals surface area (Å²) in [5.74, 6) is -0.672. The summed E-state index contributed by atoms with van der Waals surface area (Å²) in [5, 5.41) is 0. The van der Waals surface area contributed by atoms with Gasteiger partial charge in [-0.3, -0.25) is 4.79 Å². The highest BCUT2D eigenvalue weighted by atomic mass is 79.9. The Bertz CT molecular complexity index is 427. The molecule has 2 nitrogen and oxygen atoms in total. The minimum atomic E-state index is -4.75. The molecule has 0 heterocycles. The largest absolute Gasteiger partial charge is 0.573 e. The highest BCUT2D eigenvalue weighted by Crippen LogP contribution is 2.26. The lowest BCUT2D eigenvalue weighted by atomic mass is 10.0. The second-order valence-corrected chi connectivity index (χ2v) is 4.88. The minimum Gasteiger partial charge on any atom is -0.406 e. The summed E-state index contributed by atoms with van der Waals surface area (Å²) >= 11 is 3.08. The Kier molecular flexibility index (Phi) is 4.19. The molecule has 1 unspecified atom stereocenters. The summed E-state index contributed by atoms with van der Waals surface area (Å²) < 4.78 is 39.8. The Morgan fingerprint density at radius 3 is 2.47 bits per heavy atom. The SMILES string of the molecule is Cc1ccc(OC(F)(F)F)cc1C(=O)C(C)Br. The van der Waals surface area contributed by atoms with Gasteiger partial charge in [-0.2, -0.15) is 0 Å². The van der Waals surface area contributed by atoms with Crippen molar-refractivity contribution in [1.82, 2.24) is 0 Å². The molecule has 0 spiro atoms. The van der Waals surface area contributed by atoms with Gasteiger partial charge in [0.15, 0.2) is 5.78 Å². The fraction of sp³-hybridized carbons (Fsp3) is 0.364. The first kappa shape index (κ1) is 14.0. The number of benzene rings is 1. The predicted octanol–water partition coefficient (Wildman–Crippen LogP) is 3.86. The summed E-state index contributed by atoms with van der Waals surface area (Å²) in [5.41, 5.74) is 0.826. The van der Waals surface area contributed by atoms with Crippen LogP contribution in [-0.2, 0) is 0 Å². The van der Waals surface area contributed by atoms with Crippen molar-refractivity contribution in [3.8, 4) is 5.75 Å². The van der Waals surface area contributed by atoms with E-state index in [9.17, 15) is 18.0 Å². The third-order valence-corrected chi connectivity index (χ3v) is 2.49. The molecule has 0 fully saturated rings.